The first-order valence-electron chi connectivity index (χ1n) is 5.59. The monoisotopic (exact) mass is 198 g/mol. The van der Waals surface area contributed by atoms with E-state index in [1.807, 2.05) is 11.9 Å². The lowest BCUT2D eigenvalue weighted by Crippen LogP contribution is -2.42. The van der Waals surface area contributed by atoms with Gasteiger partial charge in [0.1, 0.15) is 0 Å². The summed E-state index contributed by atoms with van der Waals surface area (Å²) in [6, 6.07) is 0.0900. The number of hydrogen-bond acceptors (Lipinski definition) is 2. The quantitative estimate of drug-likeness (QED) is 0.737. The molecule has 1 aliphatic heterocycles. The van der Waals surface area contributed by atoms with Crippen molar-refractivity contribution in [1.29, 1.82) is 0 Å². The summed E-state index contributed by atoms with van der Waals surface area (Å²) in [5.41, 5.74) is 0. The molecule has 1 heterocycles. The number of rotatable bonds is 4. The van der Waals surface area contributed by atoms with Gasteiger partial charge < -0.3 is 10.2 Å². The smallest absolute Gasteiger partial charge is 0.239 e. The second-order valence-corrected chi connectivity index (χ2v) is 4.59. The van der Waals surface area contributed by atoms with Gasteiger partial charge in [0.2, 0.25) is 5.91 Å². The van der Waals surface area contributed by atoms with E-state index in [2.05, 4.69) is 19.2 Å². The third kappa shape index (κ3) is 3.29. The SMILES string of the molecule is CC(C)CCN(C)C(=O)C1CCCN1. The van der Waals surface area contributed by atoms with Crippen LogP contribution in [-0.4, -0.2) is 37.0 Å². The van der Waals surface area contributed by atoms with Gasteiger partial charge in [0.05, 0.1) is 6.04 Å². The van der Waals surface area contributed by atoms with Gasteiger partial charge in [-0.15, -0.1) is 0 Å². The van der Waals surface area contributed by atoms with E-state index >= 15 is 0 Å². The van der Waals surface area contributed by atoms with Crippen LogP contribution < -0.4 is 5.32 Å². The summed E-state index contributed by atoms with van der Waals surface area (Å²) in [6.45, 7) is 6.25. The van der Waals surface area contributed by atoms with E-state index < -0.39 is 0 Å². The highest BCUT2D eigenvalue weighted by atomic mass is 16.2. The topological polar surface area (TPSA) is 32.3 Å². The van der Waals surface area contributed by atoms with Crippen LogP contribution in [-0.2, 0) is 4.79 Å². The summed E-state index contributed by atoms with van der Waals surface area (Å²) in [7, 11) is 1.91. The number of nitrogens with zero attached hydrogens (tertiary/aromatic N) is 1. The van der Waals surface area contributed by atoms with Gasteiger partial charge in [0.15, 0.2) is 0 Å². The minimum absolute atomic E-state index is 0.0900. The Morgan fingerprint density at radius 1 is 1.57 bits per heavy atom. The van der Waals surface area contributed by atoms with E-state index in [-0.39, 0.29) is 11.9 Å². The van der Waals surface area contributed by atoms with Crippen molar-refractivity contribution >= 4 is 5.91 Å². The van der Waals surface area contributed by atoms with E-state index in [4.69, 9.17) is 0 Å². The Morgan fingerprint density at radius 3 is 2.79 bits per heavy atom. The van der Waals surface area contributed by atoms with E-state index in [0.717, 1.165) is 32.4 Å². The second kappa shape index (κ2) is 5.35. The van der Waals surface area contributed by atoms with Gasteiger partial charge in [-0.05, 0) is 31.7 Å². The standard InChI is InChI=1S/C11H22N2O/c1-9(2)6-8-13(3)11(14)10-5-4-7-12-10/h9-10,12H,4-8H2,1-3H3. The zero-order valence-electron chi connectivity index (χ0n) is 9.55. The lowest BCUT2D eigenvalue weighted by molar-refractivity contribution is -0.131. The second-order valence-electron chi connectivity index (χ2n) is 4.59. The maximum atomic E-state index is 11.8. The Morgan fingerprint density at radius 2 is 2.29 bits per heavy atom. The van der Waals surface area contributed by atoms with Crippen LogP contribution in [0.15, 0.2) is 0 Å². The Kier molecular flexibility index (Phi) is 4.39. The fourth-order valence-electron chi connectivity index (χ4n) is 1.72. The maximum absolute atomic E-state index is 11.8. The number of likely N-dealkylation sites (N-methyl/N-ethyl adjacent to an activating group) is 1. The maximum Gasteiger partial charge on any atom is 0.239 e. The summed E-state index contributed by atoms with van der Waals surface area (Å²) >= 11 is 0. The molecule has 1 rings (SSSR count). The number of hydrogen-bond donors (Lipinski definition) is 1. The van der Waals surface area contributed by atoms with E-state index in [1.54, 1.807) is 0 Å². The van der Waals surface area contributed by atoms with Crippen molar-refractivity contribution in [2.75, 3.05) is 20.1 Å². The van der Waals surface area contributed by atoms with Crippen molar-refractivity contribution in [1.82, 2.24) is 10.2 Å². The van der Waals surface area contributed by atoms with Crippen LogP contribution in [0.2, 0.25) is 0 Å². The number of amides is 1. The van der Waals surface area contributed by atoms with Crippen LogP contribution in [0.3, 0.4) is 0 Å². The highest BCUT2D eigenvalue weighted by Gasteiger charge is 2.24. The minimum Gasteiger partial charge on any atom is -0.344 e. The van der Waals surface area contributed by atoms with Crippen molar-refractivity contribution in [2.24, 2.45) is 5.92 Å². The van der Waals surface area contributed by atoms with Crippen molar-refractivity contribution in [3.05, 3.63) is 0 Å². The van der Waals surface area contributed by atoms with E-state index in [1.165, 1.54) is 0 Å². The van der Waals surface area contributed by atoms with Gasteiger partial charge in [0, 0.05) is 13.6 Å². The zero-order valence-corrected chi connectivity index (χ0v) is 9.55. The predicted molar refractivity (Wildman–Crippen MR) is 58.1 cm³/mol. The molecule has 1 atom stereocenters. The van der Waals surface area contributed by atoms with Gasteiger partial charge in [-0.1, -0.05) is 13.8 Å². The van der Waals surface area contributed by atoms with Gasteiger partial charge in [-0.2, -0.15) is 0 Å². The van der Waals surface area contributed by atoms with Crippen LogP contribution >= 0.6 is 0 Å². The first kappa shape index (κ1) is 11.5. The van der Waals surface area contributed by atoms with Gasteiger partial charge >= 0.3 is 0 Å². The van der Waals surface area contributed by atoms with Crippen LogP contribution in [0.1, 0.15) is 33.1 Å². The molecular weight excluding hydrogens is 176 g/mol. The predicted octanol–water partition coefficient (Wildman–Crippen LogP) is 1.24. The molecule has 0 aromatic rings. The normalized spacial score (nSPS) is 21.6. The van der Waals surface area contributed by atoms with Crippen LogP contribution in [0.25, 0.3) is 0 Å². The summed E-state index contributed by atoms with van der Waals surface area (Å²) < 4.78 is 0. The van der Waals surface area contributed by atoms with Crippen LogP contribution in [0, 0.1) is 5.92 Å². The largest absolute Gasteiger partial charge is 0.344 e. The third-order valence-electron chi connectivity index (χ3n) is 2.78. The van der Waals surface area contributed by atoms with Gasteiger partial charge in [-0.3, -0.25) is 4.79 Å². The lowest BCUT2D eigenvalue weighted by Gasteiger charge is -2.21. The molecule has 0 aliphatic carbocycles. The molecule has 0 radical (unpaired) electrons. The van der Waals surface area contributed by atoms with Crippen molar-refractivity contribution in [3.63, 3.8) is 0 Å². The molecule has 0 bridgehead atoms. The highest BCUT2D eigenvalue weighted by molar-refractivity contribution is 5.81. The Balaban J connectivity index is 2.28. The van der Waals surface area contributed by atoms with Crippen LogP contribution in [0.4, 0.5) is 0 Å². The number of nitrogens with one attached hydrogen (secondary N) is 1. The molecule has 1 amide bonds. The molecule has 0 aromatic heterocycles. The average molecular weight is 198 g/mol. The molecule has 0 aromatic carbocycles. The molecule has 1 saturated heterocycles. The summed E-state index contributed by atoms with van der Waals surface area (Å²) in [6.07, 6.45) is 3.23. The van der Waals surface area contributed by atoms with Gasteiger partial charge in [0.25, 0.3) is 0 Å². The Hall–Kier alpha value is -0.570. The molecule has 1 aliphatic rings. The van der Waals surface area contributed by atoms with Gasteiger partial charge in [-0.25, -0.2) is 0 Å². The molecule has 0 saturated carbocycles. The fraction of sp³-hybridized carbons (Fsp3) is 0.909. The molecule has 3 heteroatoms. The molecular formula is C11H22N2O. The molecule has 0 spiro atoms. The molecule has 82 valence electrons. The van der Waals surface area contributed by atoms with E-state index in [9.17, 15) is 4.79 Å². The van der Waals surface area contributed by atoms with Crippen molar-refractivity contribution in [2.45, 2.75) is 39.2 Å². The summed E-state index contributed by atoms with van der Waals surface area (Å²) in [5.74, 6) is 0.935. The molecule has 1 unspecified atom stereocenters. The lowest BCUT2D eigenvalue weighted by atomic mass is 10.1. The van der Waals surface area contributed by atoms with Crippen molar-refractivity contribution < 1.29 is 4.79 Å². The first-order chi connectivity index (χ1) is 6.61. The highest BCUT2D eigenvalue weighted by Crippen LogP contribution is 2.09. The minimum atomic E-state index is 0.0900. The molecule has 3 nitrogen and oxygen atoms in total. The number of carbonyl (C=O) groups excluding carboxylic acids is 1. The molecule has 1 fully saturated rings. The van der Waals surface area contributed by atoms with E-state index in [0.29, 0.717) is 5.92 Å². The average Bonchev–Trinajstić information content (AvgIpc) is 2.65. The third-order valence-corrected chi connectivity index (χ3v) is 2.78. The van der Waals surface area contributed by atoms with Crippen LogP contribution in [0.5, 0.6) is 0 Å². The molecule has 1 N–H and O–H groups in total. The number of carbonyl (C=O) groups is 1. The first-order valence-corrected chi connectivity index (χ1v) is 5.59. The summed E-state index contributed by atoms with van der Waals surface area (Å²) in [4.78, 5) is 13.7. The zero-order chi connectivity index (χ0) is 10.6. The fourth-order valence-corrected chi connectivity index (χ4v) is 1.72. The molecule has 14 heavy (non-hydrogen) atoms. The Bertz CT molecular complexity index is 186. The van der Waals surface area contributed by atoms with Crippen molar-refractivity contribution in [3.8, 4) is 0 Å². The Labute approximate surface area is 86.9 Å². The summed E-state index contributed by atoms with van der Waals surface area (Å²) in [5, 5.41) is 3.23.